The number of benzene rings is 2. The van der Waals surface area contributed by atoms with Gasteiger partial charge in [-0.15, -0.1) is 0 Å². The molecule has 1 unspecified atom stereocenters. The van der Waals surface area contributed by atoms with Crippen molar-refractivity contribution >= 4 is 12.1 Å². The minimum Gasteiger partial charge on any atom is -0.459 e. The highest BCUT2D eigenvalue weighted by Crippen LogP contribution is 2.27. The third kappa shape index (κ3) is 6.12. The van der Waals surface area contributed by atoms with Gasteiger partial charge < -0.3 is 14.8 Å². The van der Waals surface area contributed by atoms with Gasteiger partial charge in [-0.05, 0) is 29.9 Å². The van der Waals surface area contributed by atoms with E-state index in [1.165, 1.54) is 6.42 Å². The van der Waals surface area contributed by atoms with E-state index in [1.807, 2.05) is 60.7 Å². The van der Waals surface area contributed by atoms with Crippen molar-refractivity contribution in [2.75, 3.05) is 0 Å². The number of carbonyl (C=O) groups excluding carboxylic acids is 2. The predicted molar refractivity (Wildman–Crippen MR) is 106 cm³/mol. The fraction of sp³-hybridized carbons (Fsp3) is 0.391. The van der Waals surface area contributed by atoms with E-state index in [0.29, 0.717) is 0 Å². The number of amides is 1. The highest BCUT2D eigenvalue weighted by Gasteiger charge is 2.32. The Balaban J connectivity index is 1.57. The molecule has 1 N–H and O–H groups in total. The van der Waals surface area contributed by atoms with Crippen LogP contribution in [-0.2, 0) is 27.5 Å². The molecule has 1 saturated carbocycles. The van der Waals surface area contributed by atoms with E-state index in [0.717, 1.165) is 36.8 Å². The summed E-state index contributed by atoms with van der Waals surface area (Å²) in [5.74, 6) is -0.311. The van der Waals surface area contributed by atoms with E-state index >= 15 is 0 Å². The van der Waals surface area contributed by atoms with E-state index in [-0.39, 0.29) is 19.1 Å². The van der Waals surface area contributed by atoms with Crippen LogP contribution in [0.15, 0.2) is 60.7 Å². The Kier molecular flexibility index (Phi) is 7.47. The summed E-state index contributed by atoms with van der Waals surface area (Å²) in [6, 6.07) is 18.3. The number of carbonyl (C=O) groups is 2. The molecule has 0 heterocycles. The maximum atomic E-state index is 12.7. The van der Waals surface area contributed by atoms with Crippen LogP contribution in [-0.4, -0.2) is 18.1 Å². The first-order valence-electron chi connectivity index (χ1n) is 9.90. The number of hydrogen-bond acceptors (Lipinski definition) is 4. The van der Waals surface area contributed by atoms with Crippen LogP contribution in [0.3, 0.4) is 0 Å². The minimum absolute atomic E-state index is 0.0845. The van der Waals surface area contributed by atoms with Crippen molar-refractivity contribution in [1.82, 2.24) is 5.32 Å². The molecular formula is C23H27NO4. The van der Waals surface area contributed by atoms with Gasteiger partial charge in [-0.25, -0.2) is 9.59 Å². The van der Waals surface area contributed by atoms with Crippen LogP contribution in [0.25, 0.3) is 0 Å². The minimum atomic E-state index is -0.674. The van der Waals surface area contributed by atoms with Crippen LogP contribution in [0.5, 0.6) is 0 Å². The second-order valence-corrected chi connectivity index (χ2v) is 7.18. The Hall–Kier alpha value is -2.82. The number of rotatable bonds is 7. The summed E-state index contributed by atoms with van der Waals surface area (Å²) < 4.78 is 10.8. The molecule has 1 amide bonds. The molecule has 28 heavy (non-hydrogen) atoms. The molecular weight excluding hydrogens is 354 g/mol. The van der Waals surface area contributed by atoms with Crippen molar-refractivity contribution in [2.45, 2.75) is 51.4 Å². The van der Waals surface area contributed by atoms with E-state index in [9.17, 15) is 9.59 Å². The third-order valence-electron chi connectivity index (χ3n) is 5.09. The molecule has 1 atom stereocenters. The molecule has 5 nitrogen and oxygen atoms in total. The largest absolute Gasteiger partial charge is 0.459 e. The first-order chi connectivity index (χ1) is 13.7. The van der Waals surface area contributed by atoms with E-state index in [1.54, 1.807) is 0 Å². The Labute approximate surface area is 166 Å². The molecule has 1 fully saturated rings. The van der Waals surface area contributed by atoms with Gasteiger partial charge in [-0.1, -0.05) is 79.9 Å². The van der Waals surface area contributed by atoms with Crippen LogP contribution in [0, 0.1) is 5.92 Å². The Morgan fingerprint density at radius 3 is 1.93 bits per heavy atom. The van der Waals surface area contributed by atoms with Crippen molar-refractivity contribution in [3.63, 3.8) is 0 Å². The number of alkyl carbamates (subject to hydrolysis) is 1. The van der Waals surface area contributed by atoms with Crippen molar-refractivity contribution in [3.05, 3.63) is 71.8 Å². The molecule has 2 aromatic rings. The van der Waals surface area contributed by atoms with Crippen LogP contribution in [0.1, 0.15) is 43.2 Å². The number of ether oxygens (including phenoxy) is 2. The molecule has 148 valence electrons. The van der Waals surface area contributed by atoms with E-state index in [2.05, 4.69) is 5.32 Å². The zero-order valence-electron chi connectivity index (χ0n) is 16.0. The molecule has 0 radical (unpaired) electrons. The topological polar surface area (TPSA) is 64.6 Å². The summed E-state index contributed by atoms with van der Waals surface area (Å²) in [5, 5.41) is 2.76. The highest BCUT2D eigenvalue weighted by molar-refractivity contribution is 5.81. The Bertz CT molecular complexity index is 742. The molecule has 0 bridgehead atoms. The molecule has 5 heteroatoms. The van der Waals surface area contributed by atoms with Gasteiger partial charge in [0.25, 0.3) is 0 Å². The second-order valence-electron chi connectivity index (χ2n) is 7.18. The lowest BCUT2D eigenvalue weighted by molar-refractivity contribution is -0.149. The first kappa shape index (κ1) is 19.9. The molecule has 3 rings (SSSR count). The number of esters is 1. The lowest BCUT2D eigenvalue weighted by Gasteiger charge is -2.29. The summed E-state index contributed by atoms with van der Waals surface area (Å²) in [6.45, 7) is 0.368. The van der Waals surface area contributed by atoms with Crippen LogP contribution < -0.4 is 5.32 Å². The predicted octanol–water partition coefficient (Wildman–Crippen LogP) is 4.61. The quantitative estimate of drug-likeness (QED) is 0.712. The molecule has 0 saturated heterocycles. The zero-order chi connectivity index (χ0) is 19.6. The number of hydrogen-bond donors (Lipinski definition) is 1. The molecule has 0 aromatic heterocycles. The average Bonchev–Trinajstić information content (AvgIpc) is 2.76. The Morgan fingerprint density at radius 1 is 0.821 bits per heavy atom. The lowest BCUT2D eigenvalue weighted by atomic mass is 9.84. The smallest absolute Gasteiger partial charge is 0.408 e. The summed E-state index contributed by atoms with van der Waals surface area (Å²) in [5.41, 5.74) is 1.82. The maximum Gasteiger partial charge on any atom is 0.408 e. The van der Waals surface area contributed by atoms with Gasteiger partial charge in [0.15, 0.2) is 0 Å². The highest BCUT2D eigenvalue weighted by atomic mass is 16.6. The lowest BCUT2D eigenvalue weighted by Crippen LogP contribution is -2.47. The summed E-state index contributed by atoms with van der Waals surface area (Å²) in [6.07, 6.45) is 4.52. The van der Waals surface area contributed by atoms with Gasteiger partial charge in [-0.2, -0.15) is 0 Å². The van der Waals surface area contributed by atoms with Crippen molar-refractivity contribution in [1.29, 1.82) is 0 Å². The second kappa shape index (κ2) is 10.5. The standard InChI is InChI=1S/C23H27NO4/c25-22(27-16-18-10-4-1-5-11-18)21(20-14-8-3-9-15-20)24-23(26)28-17-19-12-6-2-7-13-19/h1-2,4-7,10-13,20-21H,3,8-9,14-17H2,(H,24,26). The number of nitrogens with one attached hydrogen (secondary N) is 1. The SMILES string of the molecule is O=C(NC(C(=O)OCc1ccccc1)C1CCCCC1)OCc1ccccc1. The molecule has 1 aliphatic rings. The molecule has 0 spiro atoms. The van der Waals surface area contributed by atoms with Gasteiger partial charge in [0, 0.05) is 0 Å². The van der Waals surface area contributed by atoms with Crippen LogP contribution in [0.4, 0.5) is 4.79 Å². The summed E-state index contributed by atoms with van der Waals surface area (Å²) in [7, 11) is 0. The first-order valence-corrected chi connectivity index (χ1v) is 9.90. The average molecular weight is 381 g/mol. The van der Waals surface area contributed by atoms with Gasteiger partial charge in [0.2, 0.25) is 0 Å². The Morgan fingerprint density at radius 2 is 1.36 bits per heavy atom. The molecule has 2 aromatic carbocycles. The summed E-state index contributed by atoms with van der Waals surface area (Å²) >= 11 is 0. The molecule has 1 aliphatic carbocycles. The fourth-order valence-electron chi connectivity index (χ4n) is 3.55. The summed E-state index contributed by atoms with van der Waals surface area (Å²) in [4.78, 5) is 25.0. The third-order valence-corrected chi connectivity index (χ3v) is 5.09. The normalized spacial score (nSPS) is 15.4. The zero-order valence-corrected chi connectivity index (χ0v) is 16.0. The van der Waals surface area contributed by atoms with E-state index in [4.69, 9.17) is 9.47 Å². The van der Waals surface area contributed by atoms with Crippen LogP contribution >= 0.6 is 0 Å². The van der Waals surface area contributed by atoms with Crippen molar-refractivity contribution in [2.24, 2.45) is 5.92 Å². The van der Waals surface area contributed by atoms with Gasteiger partial charge in [0.1, 0.15) is 19.3 Å². The fourth-order valence-corrected chi connectivity index (χ4v) is 3.55. The van der Waals surface area contributed by atoms with Crippen LogP contribution in [0.2, 0.25) is 0 Å². The van der Waals surface area contributed by atoms with Crippen molar-refractivity contribution < 1.29 is 19.1 Å². The van der Waals surface area contributed by atoms with E-state index < -0.39 is 18.1 Å². The molecule has 0 aliphatic heterocycles. The van der Waals surface area contributed by atoms with Gasteiger partial charge >= 0.3 is 12.1 Å². The van der Waals surface area contributed by atoms with Gasteiger partial charge in [-0.3, -0.25) is 0 Å². The van der Waals surface area contributed by atoms with Gasteiger partial charge in [0.05, 0.1) is 0 Å². The van der Waals surface area contributed by atoms with Crippen molar-refractivity contribution in [3.8, 4) is 0 Å². The maximum absolute atomic E-state index is 12.7. The monoisotopic (exact) mass is 381 g/mol.